The van der Waals surface area contributed by atoms with Gasteiger partial charge in [0.15, 0.2) is 0 Å². The van der Waals surface area contributed by atoms with E-state index in [1.165, 1.54) is 13.8 Å². The Hall–Kier alpha value is -0.530. The fourth-order valence-corrected chi connectivity index (χ4v) is 0.649. The lowest BCUT2D eigenvalue weighted by molar-refractivity contribution is 0.226. The maximum Gasteiger partial charge on any atom is 0.144 e. The Morgan fingerprint density at radius 3 is 1.47 bits per heavy atom. The van der Waals surface area contributed by atoms with E-state index in [2.05, 4.69) is 53.4 Å². The molecule has 1 nitrogen and oxygen atoms in total. The van der Waals surface area contributed by atoms with Gasteiger partial charge in [-0.05, 0) is 32.1 Å². The van der Waals surface area contributed by atoms with Gasteiger partial charge in [-0.2, -0.15) is 0 Å². The molecular formula is C15H32FN. The summed E-state index contributed by atoms with van der Waals surface area (Å²) in [6.07, 6.45) is 0. The SMILES string of the molecule is C=C(NC(C)C(C)(C)C)C(C)(C)F.CC(C)C. The summed E-state index contributed by atoms with van der Waals surface area (Å²) in [5.74, 6) is 0.833. The lowest BCUT2D eigenvalue weighted by atomic mass is 9.87. The Kier molecular flexibility index (Phi) is 7.78. The van der Waals surface area contributed by atoms with Gasteiger partial charge in [-0.1, -0.05) is 48.1 Å². The molecule has 0 bridgehead atoms. The number of allylic oxidation sites excluding steroid dienone is 1. The topological polar surface area (TPSA) is 12.0 Å². The maximum atomic E-state index is 13.4. The van der Waals surface area contributed by atoms with Gasteiger partial charge in [0.2, 0.25) is 0 Å². The lowest BCUT2D eigenvalue weighted by Gasteiger charge is -2.32. The Morgan fingerprint density at radius 2 is 1.29 bits per heavy atom. The van der Waals surface area contributed by atoms with E-state index in [4.69, 9.17) is 0 Å². The molecule has 0 aromatic carbocycles. The van der Waals surface area contributed by atoms with E-state index in [0.29, 0.717) is 5.70 Å². The summed E-state index contributed by atoms with van der Waals surface area (Å²) in [5.41, 5.74) is -0.775. The minimum absolute atomic E-state index is 0.119. The molecule has 1 atom stereocenters. The summed E-state index contributed by atoms with van der Waals surface area (Å²) in [6.45, 7) is 21.6. The second-order valence-electron chi connectivity index (χ2n) is 6.92. The van der Waals surface area contributed by atoms with Crippen molar-refractivity contribution >= 4 is 0 Å². The quantitative estimate of drug-likeness (QED) is 0.743. The molecule has 0 fully saturated rings. The number of halogens is 1. The van der Waals surface area contributed by atoms with Crippen molar-refractivity contribution in [3.05, 3.63) is 12.3 Å². The molecule has 0 spiro atoms. The van der Waals surface area contributed by atoms with Gasteiger partial charge in [-0.15, -0.1) is 0 Å². The zero-order valence-corrected chi connectivity index (χ0v) is 13.2. The molecule has 0 radical (unpaired) electrons. The van der Waals surface area contributed by atoms with Crippen molar-refractivity contribution in [3.8, 4) is 0 Å². The van der Waals surface area contributed by atoms with E-state index in [9.17, 15) is 4.39 Å². The van der Waals surface area contributed by atoms with Crippen LogP contribution in [0.25, 0.3) is 0 Å². The summed E-state index contributed by atoms with van der Waals surface area (Å²) in [4.78, 5) is 0. The minimum atomic E-state index is -1.35. The molecule has 1 unspecified atom stereocenters. The Morgan fingerprint density at radius 1 is 1.00 bits per heavy atom. The van der Waals surface area contributed by atoms with Crippen LogP contribution in [0.2, 0.25) is 0 Å². The van der Waals surface area contributed by atoms with Crippen molar-refractivity contribution in [2.24, 2.45) is 11.3 Å². The molecule has 104 valence electrons. The first-order valence-corrected chi connectivity index (χ1v) is 6.43. The molecule has 0 aliphatic heterocycles. The zero-order valence-electron chi connectivity index (χ0n) is 13.2. The molecule has 0 aliphatic carbocycles. The van der Waals surface area contributed by atoms with Gasteiger partial charge in [-0.3, -0.25) is 0 Å². The van der Waals surface area contributed by atoms with E-state index >= 15 is 0 Å². The normalized spacial score (nSPS) is 13.8. The first kappa shape index (κ1) is 18.8. The zero-order chi connectivity index (χ0) is 14.4. The van der Waals surface area contributed by atoms with E-state index < -0.39 is 5.67 Å². The monoisotopic (exact) mass is 245 g/mol. The van der Waals surface area contributed by atoms with Gasteiger partial charge < -0.3 is 5.32 Å². The standard InChI is InChI=1S/C11H22FN.C4H10/c1-8(10(3,4)5)13-9(2)11(6,7)12;1-4(2)3/h8,13H,2H2,1,3-7H3;4H,1-3H3. The van der Waals surface area contributed by atoms with Crippen LogP contribution >= 0.6 is 0 Å². The average molecular weight is 245 g/mol. The fourth-order valence-electron chi connectivity index (χ4n) is 0.649. The van der Waals surface area contributed by atoms with E-state index in [0.717, 1.165) is 5.92 Å². The Balaban J connectivity index is 0. The predicted molar refractivity (Wildman–Crippen MR) is 76.9 cm³/mol. The van der Waals surface area contributed by atoms with Gasteiger partial charge in [0.05, 0.1) is 0 Å². The molecule has 0 aromatic rings. The van der Waals surface area contributed by atoms with Gasteiger partial charge in [0, 0.05) is 11.7 Å². The van der Waals surface area contributed by atoms with Crippen molar-refractivity contribution in [2.45, 2.75) is 74.0 Å². The van der Waals surface area contributed by atoms with Crippen LogP contribution in [0.4, 0.5) is 4.39 Å². The van der Waals surface area contributed by atoms with Gasteiger partial charge in [-0.25, -0.2) is 4.39 Å². The van der Waals surface area contributed by atoms with E-state index in [1.807, 2.05) is 6.92 Å². The molecule has 0 aliphatic rings. The first-order valence-electron chi connectivity index (χ1n) is 6.43. The molecule has 0 amide bonds. The predicted octanol–water partition coefficient (Wildman–Crippen LogP) is 4.93. The van der Waals surface area contributed by atoms with Crippen LogP contribution in [-0.2, 0) is 0 Å². The summed E-state index contributed by atoms with van der Waals surface area (Å²) in [6, 6.07) is 0.218. The molecular weight excluding hydrogens is 213 g/mol. The van der Waals surface area contributed by atoms with Gasteiger partial charge in [0.25, 0.3) is 0 Å². The van der Waals surface area contributed by atoms with E-state index in [-0.39, 0.29) is 11.5 Å². The lowest BCUT2D eigenvalue weighted by Crippen LogP contribution is -2.41. The molecule has 17 heavy (non-hydrogen) atoms. The molecule has 0 heterocycles. The highest BCUT2D eigenvalue weighted by Crippen LogP contribution is 2.23. The van der Waals surface area contributed by atoms with Crippen LogP contribution < -0.4 is 5.32 Å². The summed E-state index contributed by atoms with van der Waals surface area (Å²) >= 11 is 0. The van der Waals surface area contributed by atoms with Crippen LogP contribution in [-0.4, -0.2) is 11.7 Å². The minimum Gasteiger partial charge on any atom is -0.383 e. The molecule has 0 rings (SSSR count). The molecule has 2 heteroatoms. The second kappa shape index (κ2) is 7.03. The van der Waals surface area contributed by atoms with E-state index in [1.54, 1.807) is 0 Å². The van der Waals surface area contributed by atoms with Crippen molar-refractivity contribution in [1.29, 1.82) is 0 Å². The number of hydrogen-bond acceptors (Lipinski definition) is 1. The number of nitrogens with one attached hydrogen (secondary N) is 1. The fraction of sp³-hybridized carbons (Fsp3) is 0.867. The van der Waals surface area contributed by atoms with Crippen LogP contribution in [0.1, 0.15) is 62.3 Å². The van der Waals surface area contributed by atoms with Gasteiger partial charge in [0.1, 0.15) is 5.67 Å². The molecule has 0 aromatic heterocycles. The Labute approximate surface area is 108 Å². The second-order valence-corrected chi connectivity index (χ2v) is 6.92. The third-order valence-corrected chi connectivity index (χ3v) is 2.41. The molecule has 1 N–H and O–H groups in total. The summed E-state index contributed by atoms with van der Waals surface area (Å²) in [7, 11) is 0. The number of alkyl halides is 1. The van der Waals surface area contributed by atoms with Crippen LogP contribution in [0.3, 0.4) is 0 Å². The first-order chi connectivity index (χ1) is 7.28. The summed E-state index contributed by atoms with van der Waals surface area (Å²) in [5, 5.41) is 3.09. The third-order valence-electron chi connectivity index (χ3n) is 2.41. The smallest absolute Gasteiger partial charge is 0.144 e. The Bertz CT molecular complexity index is 215. The average Bonchev–Trinajstić information content (AvgIpc) is 1.98. The number of hydrogen-bond donors (Lipinski definition) is 1. The maximum absolute atomic E-state index is 13.4. The van der Waals surface area contributed by atoms with Crippen LogP contribution in [0.15, 0.2) is 12.3 Å². The van der Waals surface area contributed by atoms with Gasteiger partial charge >= 0.3 is 0 Å². The van der Waals surface area contributed by atoms with Crippen molar-refractivity contribution < 1.29 is 4.39 Å². The largest absolute Gasteiger partial charge is 0.383 e. The van der Waals surface area contributed by atoms with Crippen molar-refractivity contribution in [2.75, 3.05) is 0 Å². The highest BCUT2D eigenvalue weighted by molar-refractivity contribution is 5.08. The highest BCUT2D eigenvalue weighted by atomic mass is 19.1. The molecule has 0 saturated heterocycles. The molecule has 0 saturated carbocycles. The number of rotatable bonds is 3. The van der Waals surface area contributed by atoms with Crippen LogP contribution in [0, 0.1) is 11.3 Å². The summed E-state index contributed by atoms with van der Waals surface area (Å²) < 4.78 is 13.4. The van der Waals surface area contributed by atoms with Crippen LogP contribution in [0.5, 0.6) is 0 Å². The third kappa shape index (κ3) is 11.7. The highest BCUT2D eigenvalue weighted by Gasteiger charge is 2.26. The van der Waals surface area contributed by atoms with Crippen molar-refractivity contribution in [1.82, 2.24) is 5.32 Å². The van der Waals surface area contributed by atoms with Crippen molar-refractivity contribution in [3.63, 3.8) is 0 Å².